The topological polar surface area (TPSA) is 101 Å². The Morgan fingerprint density at radius 2 is 1.97 bits per heavy atom. The lowest BCUT2D eigenvalue weighted by Crippen LogP contribution is -2.41. The molecule has 1 unspecified atom stereocenters. The maximum atomic E-state index is 14.0. The van der Waals surface area contributed by atoms with E-state index in [0.29, 0.717) is 24.0 Å². The molecule has 13 heteroatoms. The Balaban J connectivity index is 1.43. The first-order valence-corrected chi connectivity index (χ1v) is 11.9. The van der Waals surface area contributed by atoms with Crippen LogP contribution in [-0.4, -0.2) is 51.0 Å². The number of hydrogen-bond acceptors (Lipinski definition) is 7. The number of nitrogens with one attached hydrogen (secondary N) is 2. The fourth-order valence-corrected chi connectivity index (χ4v) is 4.81. The van der Waals surface area contributed by atoms with E-state index in [9.17, 15) is 18.0 Å². The van der Waals surface area contributed by atoms with Crippen molar-refractivity contribution in [2.24, 2.45) is 0 Å². The molecule has 1 aliphatic heterocycles. The van der Waals surface area contributed by atoms with Crippen LogP contribution in [0.5, 0.6) is 5.75 Å². The van der Waals surface area contributed by atoms with E-state index < -0.39 is 23.0 Å². The Labute approximate surface area is 217 Å². The number of hydrogen-bond donors (Lipinski definition) is 2. The first-order chi connectivity index (χ1) is 18.2. The molecule has 0 bridgehead atoms. The Hall–Kier alpha value is -4.32. The lowest BCUT2D eigenvalue weighted by atomic mass is 10.1. The second kappa shape index (κ2) is 8.91. The summed E-state index contributed by atoms with van der Waals surface area (Å²) in [5, 5.41) is 10.0. The van der Waals surface area contributed by atoms with Crippen LogP contribution in [0.4, 0.5) is 24.8 Å². The summed E-state index contributed by atoms with van der Waals surface area (Å²) in [6, 6.07) is 10.9. The van der Waals surface area contributed by atoms with Gasteiger partial charge in [-0.3, -0.25) is 14.5 Å². The van der Waals surface area contributed by atoms with Gasteiger partial charge in [-0.05, 0) is 30.3 Å². The van der Waals surface area contributed by atoms with Crippen LogP contribution in [0.1, 0.15) is 5.56 Å². The molecule has 194 valence electrons. The number of para-hydroxylation sites is 2. The van der Waals surface area contributed by atoms with Gasteiger partial charge in [0.05, 0.1) is 52.5 Å². The highest BCUT2D eigenvalue weighted by Gasteiger charge is 2.35. The van der Waals surface area contributed by atoms with Crippen LogP contribution in [0.25, 0.3) is 27.6 Å². The van der Waals surface area contributed by atoms with Crippen LogP contribution in [-0.2, 0) is 6.18 Å². The number of benzene rings is 2. The van der Waals surface area contributed by atoms with Crippen molar-refractivity contribution < 1.29 is 17.9 Å². The summed E-state index contributed by atoms with van der Waals surface area (Å²) in [7, 11) is 1.96. The quantitative estimate of drug-likeness (QED) is 0.342. The van der Waals surface area contributed by atoms with Crippen LogP contribution >= 0.6 is 11.6 Å². The maximum absolute atomic E-state index is 14.0. The largest absolute Gasteiger partial charge is 0.485 e. The van der Waals surface area contributed by atoms with Gasteiger partial charge in [0.25, 0.3) is 5.56 Å². The summed E-state index contributed by atoms with van der Waals surface area (Å²) in [4.78, 5) is 24.3. The van der Waals surface area contributed by atoms with E-state index in [0.717, 1.165) is 28.1 Å². The van der Waals surface area contributed by atoms with Crippen LogP contribution in [0.2, 0.25) is 5.02 Å². The molecule has 0 spiro atoms. The summed E-state index contributed by atoms with van der Waals surface area (Å²) in [5.41, 5.74) is -0.914. The second-order valence-electron chi connectivity index (χ2n) is 8.86. The number of H-pyrrole nitrogens is 1. The minimum Gasteiger partial charge on any atom is -0.485 e. The third kappa shape index (κ3) is 4.06. The number of aromatic amines is 1. The number of likely N-dealkylation sites (N-methyl/N-ethyl adjacent to an activating group) is 1. The minimum atomic E-state index is -4.77. The van der Waals surface area contributed by atoms with E-state index in [2.05, 4.69) is 30.4 Å². The van der Waals surface area contributed by atoms with Crippen molar-refractivity contribution in [3.8, 4) is 11.4 Å². The first-order valence-electron chi connectivity index (χ1n) is 11.5. The molecule has 3 aromatic heterocycles. The SMILES string of the molecule is CN1CC(CNc2ncc3c4[nH]ncc4c(=O)n(-c4ccc(Cl)cc4C(F)(F)F)c3n2)Oc2ccccc21. The number of aromatic nitrogens is 5. The Kier molecular flexibility index (Phi) is 5.64. The molecule has 0 saturated carbocycles. The smallest absolute Gasteiger partial charge is 0.418 e. The number of fused-ring (bicyclic) bond motifs is 4. The number of ether oxygens (including phenoxy) is 1. The van der Waals surface area contributed by atoms with Gasteiger partial charge in [-0.1, -0.05) is 23.7 Å². The zero-order valence-corrected chi connectivity index (χ0v) is 20.5. The molecule has 6 rings (SSSR count). The molecule has 5 aromatic rings. The standard InChI is InChI=1S/C25H19ClF3N7O2/c1-35-12-14(38-20-5-3-2-4-19(20)35)9-30-24-31-10-15-21-16(11-32-34-21)23(37)36(22(15)33-24)18-7-6-13(26)8-17(18)25(27,28)29/h2-8,10-11,14H,9,12H2,1H3,(H,32,34)(H,30,31,33). The van der Waals surface area contributed by atoms with Crippen LogP contribution in [0, 0.1) is 0 Å². The molecule has 2 aromatic carbocycles. The average Bonchev–Trinajstić information content (AvgIpc) is 3.38. The maximum Gasteiger partial charge on any atom is 0.418 e. The van der Waals surface area contributed by atoms with Gasteiger partial charge in [-0.15, -0.1) is 0 Å². The van der Waals surface area contributed by atoms with Crippen molar-refractivity contribution in [1.29, 1.82) is 0 Å². The van der Waals surface area contributed by atoms with E-state index in [1.165, 1.54) is 18.5 Å². The van der Waals surface area contributed by atoms with Crippen LogP contribution in [0.3, 0.4) is 0 Å². The number of rotatable bonds is 4. The van der Waals surface area contributed by atoms with Gasteiger partial charge in [0.1, 0.15) is 11.9 Å². The molecular weight excluding hydrogens is 523 g/mol. The van der Waals surface area contributed by atoms with Gasteiger partial charge in [0.2, 0.25) is 5.95 Å². The number of pyridine rings is 1. The predicted molar refractivity (Wildman–Crippen MR) is 137 cm³/mol. The zero-order valence-electron chi connectivity index (χ0n) is 19.8. The first kappa shape index (κ1) is 24.0. The average molecular weight is 542 g/mol. The molecule has 0 saturated heterocycles. The molecule has 1 aliphatic rings. The molecule has 2 N–H and O–H groups in total. The summed E-state index contributed by atoms with van der Waals surface area (Å²) < 4.78 is 48.9. The van der Waals surface area contributed by atoms with Crippen molar-refractivity contribution in [3.63, 3.8) is 0 Å². The molecule has 0 aliphatic carbocycles. The number of nitrogens with zero attached hydrogens (tertiary/aromatic N) is 5. The van der Waals surface area contributed by atoms with Crippen molar-refractivity contribution in [1.82, 2.24) is 24.7 Å². The Morgan fingerprint density at radius 1 is 1.16 bits per heavy atom. The zero-order chi connectivity index (χ0) is 26.6. The highest BCUT2D eigenvalue weighted by molar-refractivity contribution is 6.30. The second-order valence-corrected chi connectivity index (χ2v) is 9.29. The van der Waals surface area contributed by atoms with Gasteiger partial charge < -0.3 is 15.0 Å². The number of alkyl halides is 3. The van der Waals surface area contributed by atoms with Crippen molar-refractivity contribution in [3.05, 3.63) is 75.8 Å². The van der Waals surface area contributed by atoms with Crippen LogP contribution < -0.4 is 20.5 Å². The van der Waals surface area contributed by atoms with Crippen LogP contribution in [0.15, 0.2) is 59.7 Å². The highest BCUT2D eigenvalue weighted by atomic mass is 35.5. The number of anilines is 2. The van der Waals surface area contributed by atoms with E-state index in [1.54, 1.807) is 0 Å². The van der Waals surface area contributed by atoms with Crippen molar-refractivity contribution in [2.75, 3.05) is 30.4 Å². The molecule has 0 radical (unpaired) electrons. The summed E-state index contributed by atoms with van der Waals surface area (Å²) in [5.74, 6) is 0.863. The molecule has 9 nitrogen and oxygen atoms in total. The predicted octanol–water partition coefficient (Wildman–Crippen LogP) is 4.64. The summed E-state index contributed by atoms with van der Waals surface area (Å²) in [6.45, 7) is 0.909. The van der Waals surface area contributed by atoms with E-state index in [1.807, 2.05) is 31.3 Å². The molecule has 38 heavy (non-hydrogen) atoms. The monoisotopic (exact) mass is 541 g/mol. The molecule has 0 amide bonds. The lowest BCUT2D eigenvalue weighted by molar-refractivity contribution is -0.137. The van der Waals surface area contributed by atoms with Gasteiger partial charge in [0.15, 0.2) is 5.65 Å². The fourth-order valence-electron chi connectivity index (χ4n) is 4.63. The molecule has 1 atom stereocenters. The van der Waals surface area contributed by atoms with Crippen molar-refractivity contribution in [2.45, 2.75) is 12.3 Å². The van der Waals surface area contributed by atoms with Gasteiger partial charge in [-0.2, -0.15) is 23.3 Å². The van der Waals surface area contributed by atoms with Crippen molar-refractivity contribution >= 4 is 45.2 Å². The fraction of sp³-hybridized carbons (Fsp3) is 0.200. The van der Waals surface area contributed by atoms with E-state index in [-0.39, 0.29) is 28.1 Å². The lowest BCUT2D eigenvalue weighted by Gasteiger charge is -2.33. The Bertz CT molecular complexity index is 1750. The van der Waals surface area contributed by atoms with Gasteiger partial charge in [-0.25, -0.2) is 4.98 Å². The molecular formula is C25H19ClF3N7O2. The van der Waals surface area contributed by atoms with E-state index in [4.69, 9.17) is 16.3 Å². The highest BCUT2D eigenvalue weighted by Crippen LogP contribution is 2.36. The third-order valence-corrected chi connectivity index (χ3v) is 6.60. The Morgan fingerprint density at radius 3 is 2.79 bits per heavy atom. The van der Waals surface area contributed by atoms with E-state index >= 15 is 0 Å². The number of halogens is 4. The van der Waals surface area contributed by atoms with Gasteiger partial charge >= 0.3 is 6.18 Å². The molecule has 0 fully saturated rings. The van der Waals surface area contributed by atoms with Gasteiger partial charge in [0, 0.05) is 18.3 Å². The summed E-state index contributed by atoms with van der Waals surface area (Å²) in [6.07, 6.45) is -2.32. The normalized spacial score (nSPS) is 15.5. The molecule has 4 heterocycles. The third-order valence-electron chi connectivity index (χ3n) is 6.36. The summed E-state index contributed by atoms with van der Waals surface area (Å²) >= 11 is 5.87. The minimum absolute atomic E-state index is 0.0240.